The van der Waals surface area contributed by atoms with E-state index >= 15 is 0 Å². The van der Waals surface area contributed by atoms with Crippen LogP contribution in [-0.2, 0) is 6.42 Å². The van der Waals surface area contributed by atoms with Crippen molar-refractivity contribution in [2.24, 2.45) is 0 Å². The summed E-state index contributed by atoms with van der Waals surface area (Å²) in [6.07, 6.45) is 2.69. The third-order valence-electron chi connectivity index (χ3n) is 2.69. The van der Waals surface area contributed by atoms with Crippen LogP contribution in [-0.4, -0.2) is 18.2 Å². The molecule has 1 aliphatic heterocycles. The molecular weight excluding hydrogens is 210 g/mol. The van der Waals surface area contributed by atoms with E-state index in [0.29, 0.717) is 12.3 Å². The van der Waals surface area contributed by atoms with Gasteiger partial charge in [-0.2, -0.15) is 0 Å². The van der Waals surface area contributed by atoms with E-state index in [2.05, 4.69) is 5.32 Å². The van der Waals surface area contributed by atoms with Gasteiger partial charge < -0.3 is 5.32 Å². The third-order valence-corrected chi connectivity index (χ3v) is 2.88. The molecule has 0 unspecified atom stereocenters. The maximum atomic E-state index is 11.6. The molecule has 1 aromatic carbocycles. The zero-order chi connectivity index (χ0) is 10.7. The fraction of sp³-hybridized carbons (Fsp3) is 0.417. The second-order valence-electron chi connectivity index (χ2n) is 3.76. The van der Waals surface area contributed by atoms with Gasteiger partial charge in [0.2, 0.25) is 0 Å². The number of rotatable bonds is 3. The molecule has 3 heteroatoms. The lowest BCUT2D eigenvalue weighted by Crippen LogP contribution is -2.12. The van der Waals surface area contributed by atoms with Crippen LogP contribution >= 0.6 is 11.6 Å². The fourth-order valence-electron chi connectivity index (χ4n) is 1.86. The largest absolute Gasteiger partial charge is 0.385 e. The molecule has 1 aliphatic rings. The highest BCUT2D eigenvalue weighted by Gasteiger charge is 2.11. The topological polar surface area (TPSA) is 29.1 Å². The van der Waals surface area contributed by atoms with E-state index < -0.39 is 0 Å². The highest BCUT2D eigenvalue weighted by molar-refractivity contribution is 6.19. The predicted molar refractivity (Wildman–Crippen MR) is 62.9 cm³/mol. The van der Waals surface area contributed by atoms with Crippen LogP contribution in [0.3, 0.4) is 0 Å². The van der Waals surface area contributed by atoms with Crippen LogP contribution in [0, 0.1) is 0 Å². The third kappa shape index (κ3) is 2.32. The van der Waals surface area contributed by atoms with E-state index in [9.17, 15) is 4.79 Å². The van der Waals surface area contributed by atoms with Crippen LogP contribution in [0.25, 0.3) is 0 Å². The average Bonchev–Trinajstić information content (AvgIpc) is 2.29. The first-order valence-electron chi connectivity index (χ1n) is 5.27. The number of carbonyl (C=O) groups excluding carboxylic acids is 1. The molecule has 0 atom stereocenters. The van der Waals surface area contributed by atoms with E-state index in [1.807, 2.05) is 18.2 Å². The number of fused-ring (bicyclic) bond motifs is 1. The Kier molecular flexibility index (Phi) is 3.27. The number of nitrogens with one attached hydrogen (secondary N) is 1. The maximum absolute atomic E-state index is 11.6. The second kappa shape index (κ2) is 4.67. The summed E-state index contributed by atoms with van der Waals surface area (Å²) in [6, 6.07) is 5.90. The van der Waals surface area contributed by atoms with Crippen molar-refractivity contribution in [3.63, 3.8) is 0 Å². The van der Waals surface area contributed by atoms with Crippen molar-refractivity contribution in [1.82, 2.24) is 0 Å². The van der Waals surface area contributed by atoms with Crippen molar-refractivity contribution in [1.29, 1.82) is 0 Å². The van der Waals surface area contributed by atoms with Gasteiger partial charge in [0.15, 0.2) is 5.78 Å². The molecule has 1 aromatic rings. The minimum Gasteiger partial charge on any atom is -0.385 e. The molecule has 1 heterocycles. The summed E-state index contributed by atoms with van der Waals surface area (Å²) in [5, 5.41) is 3.31. The molecule has 0 aliphatic carbocycles. The van der Waals surface area contributed by atoms with Crippen LogP contribution in [0.4, 0.5) is 5.69 Å². The van der Waals surface area contributed by atoms with E-state index in [1.54, 1.807) is 0 Å². The molecule has 0 radical (unpaired) electrons. The molecular formula is C12H14ClNO. The molecule has 80 valence electrons. The first-order valence-corrected chi connectivity index (χ1v) is 5.80. The summed E-state index contributed by atoms with van der Waals surface area (Å²) in [4.78, 5) is 11.6. The van der Waals surface area contributed by atoms with Gasteiger partial charge >= 0.3 is 0 Å². The van der Waals surface area contributed by atoms with Gasteiger partial charge in [0, 0.05) is 30.1 Å². The Balaban J connectivity index is 2.24. The predicted octanol–water partition coefficient (Wildman–Crippen LogP) is 2.86. The van der Waals surface area contributed by atoms with Gasteiger partial charge in [-0.1, -0.05) is 12.1 Å². The van der Waals surface area contributed by atoms with Crippen LogP contribution in [0.15, 0.2) is 18.2 Å². The number of hydrogen-bond donors (Lipinski definition) is 1. The van der Waals surface area contributed by atoms with E-state index in [0.717, 1.165) is 24.2 Å². The minimum absolute atomic E-state index is 0.125. The van der Waals surface area contributed by atoms with E-state index in [-0.39, 0.29) is 5.78 Å². The molecule has 0 saturated heterocycles. The van der Waals surface area contributed by atoms with Gasteiger partial charge in [0.1, 0.15) is 0 Å². The van der Waals surface area contributed by atoms with Gasteiger partial charge in [0.05, 0.1) is 0 Å². The Hall–Kier alpha value is -1.02. The first kappa shape index (κ1) is 10.5. The van der Waals surface area contributed by atoms with E-state index in [1.165, 1.54) is 12.0 Å². The van der Waals surface area contributed by atoms with Gasteiger partial charge in [0.25, 0.3) is 0 Å². The number of alkyl halides is 1. The SMILES string of the molecule is O=C(CCCl)c1ccc2c(c1)NCCC2. The number of carbonyl (C=O) groups is 1. The number of ketones is 1. The van der Waals surface area contributed by atoms with Crippen molar-refractivity contribution in [2.75, 3.05) is 17.7 Å². The molecule has 2 rings (SSSR count). The van der Waals surface area contributed by atoms with Gasteiger partial charge in [-0.15, -0.1) is 11.6 Å². The quantitative estimate of drug-likeness (QED) is 0.631. The van der Waals surface area contributed by atoms with Crippen LogP contribution in [0.5, 0.6) is 0 Å². The van der Waals surface area contributed by atoms with Gasteiger partial charge in [-0.25, -0.2) is 0 Å². The second-order valence-corrected chi connectivity index (χ2v) is 4.14. The fourth-order valence-corrected chi connectivity index (χ4v) is 2.04. The van der Waals surface area contributed by atoms with Crippen LogP contribution < -0.4 is 5.32 Å². The van der Waals surface area contributed by atoms with Crippen molar-refractivity contribution in [2.45, 2.75) is 19.3 Å². The van der Waals surface area contributed by atoms with Crippen molar-refractivity contribution < 1.29 is 4.79 Å². The molecule has 0 saturated carbocycles. The summed E-state index contributed by atoms with van der Waals surface area (Å²) in [5.41, 5.74) is 3.19. The highest BCUT2D eigenvalue weighted by Crippen LogP contribution is 2.23. The van der Waals surface area contributed by atoms with Crippen molar-refractivity contribution in [3.8, 4) is 0 Å². The monoisotopic (exact) mass is 223 g/mol. The molecule has 0 bridgehead atoms. The lowest BCUT2D eigenvalue weighted by Gasteiger charge is -2.18. The Morgan fingerprint density at radius 1 is 1.47 bits per heavy atom. The lowest BCUT2D eigenvalue weighted by molar-refractivity contribution is 0.0989. The Morgan fingerprint density at radius 2 is 2.33 bits per heavy atom. The molecule has 0 spiro atoms. The number of Topliss-reactive ketones (excluding diaryl/α,β-unsaturated/α-hetero) is 1. The smallest absolute Gasteiger partial charge is 0.164 e. The van der Waals surface area contributed by atoms with E-state index in [4.69, 9.17) is 11.6 Å². The number of benzene rings is 1. The number of aryl methyl sites for hydroxylation is 1. The zero-order valence-corrected chi connectivity index (χ0v) is 9.31. The molecule has 0 aromatic heterocycles. The summed E-state index contributed by atoms with van der Waals surface area (Å²) >= 11 is 5.55. The normalized spacial score (nSPS) is 14.2. The molecule has 15 heavy (non-hydrogen) atoms. The number of halogens is 1. The van der Waals surface area contributed by atoms with Gasteiger partial charge in [-0.05, 0) is 24.5 Å². The number of anilines is 1. The Morgan fingerprint density at radius 3 is 3.13 bits per heavy atom. The summed E-state index contributed by atoms with van der Waals surface area (Å²) < 4.78 is 0. The van der Waals surface area contributed by atoms with Crippen molar-refractivity contribution >= 4 is 23.1 Å². The first-order chi connectivity index (χ1) is 7.31. The maximum Gasteiger partial charge on any atom is 0.164 e. The Bertz CT molecular complexity index is 376. The van der Waals surface area contributed by atoms with Crippen LogP contribution in [0.2, 0.25) is 0 Å². The molecule has 0 amide bonds. The summed E-state index contributed by atoms with van der Waals surface area (Å²) in [5.74, 6) is 0.517. The Labute approximate surface area is 94.6 Å². The summed E-state index contributed by atoms with van der Waals surface area (Å²) in [6.45, 7) is 1.00. The lowest BCUT2D eigenvalue weighted by atomic mass is 9.99. The highest BCUT2D eigenvalue weighted by atomic mass is 35.5. The van der Waals surface area contributed by atoms with Gasteiger partial charge in [-0.3, -0.25) is 4.79 Å². The standard InChI is InChI=1S/C12H14ClNO/c13-6-5-12(15)10-4-3-9-2-1-7-14-11(9)8-10/h3-4,8,14H,1-2,5-7H2. The van der Waals surface area contributed by atoms with Crippen molar-refractivity contribution in [3.05, 3.63) is 29.3 Å². The minimum atomic E-state index is 0.125. The zero-order valence-electron chi connectivity index (χ0n) is 8.55. The molecule has 2 nitrogen and oxygen atoms in total. The molecule has 1 N–H and O–H groups in total. The molecule has 0 fully saturated rings. The number of hydrogen-bond acceptors (Lipinski definition) is 2. The average molecular weight is 224 g/mol. The van der Waals surface area contributed by atoms with Crippen LogP contribution in [0.1, 0.15) is 28.8 Å². The summed E-state index contributed by atoms with van der Waals surface area (Å²) in [7, 11) is 0.